The Kier molecular flexibility index (Phi) is 4.99. The van der Waals surface area contributed by atoms with Crippen molar-refractivity contribution in [1.82, 2.24) is 9.88 Å². The van der Waals surface area contributed by atoms with Crippen molar-refractivity contribution in [3.05, 3.63) is 36.0 Å². The summed E-state index contributed by atoms with van der Waals surface area (Å²) < 4.78 is 0. The molecule has 1 atom stereocenters. The van der Waals surface area contributed by atoms with E-state index < -0.39 is 0 Å². The van der Waals surface area contributed by atoms with Gasteiger partial charge in [-0.15, -0.1) is 0 Å². The maximum Gasteiger partial charge on any atom is 0.222 e. The van der Waals surface area contributed by atoms with E-state index in [4.69, 9.17) is 5.26 Å². The number of amides is 1. The number of rotatable bonds is 6. The molecular formula is C17H21N3O. The SMILES string of the molecule is CCN(CC(C)C#N)C(=O)CCc1c[nH]c2ccccc12. The molecule has 0 saturated carbocycles. The van der Waals surface area contributed by atoms with E-state index in [1.807, 2.05) is 38.2 Å². The molecule has 0 saturated heterocycles. The molecule has 0 spiro atoms. The van der Waals surface area contributed by atoms with Gasteiger partial charge in [0.05, 0.1) is 12.0 Å². The van der Waals surface area contributed by atoms with Gasteiger partial charge in [0.2, 0.25) is 5.91 Å². The molecule has 21 heavy (non-hydrogen) atoms. The minimum Gasteiger partial charge on any atom is -0.361 e. The smallest absolute Gasteiger partial charge is 0.222 e. The summed E-state index contributed by atoms with van der Waals surface area (Å²) in [7, 11) is 0. The number of aromatic nitrogens is 1. The third-order valence-corrected chi connectivity index (χ3v) is 3.73. The van der Waals surface area contributed by atoms with Crippen molar-refractivity contribution in [3.63, 3.8) is 0 Å². The Bertz CT molecular complexity index is 653. The molecule has 2 rings (SSSR count). The number of hydrogen-bond acceptors (Lipinski definition) is 2. The van der Waals surface area contributed by atoms with Crippen molar-refractivity contribution in [3.8, 4) is 6.07 Å². The van der Waals surface area contributed by atoms with Crippen LogP contribution in [0.3, 0.4) is 0 Å². The first-order valence-corrected chi connectivity index (χ1v) is 7.38. The predicted molar refractivity (Wildman–Crippen MR) is 83.7 cm³/mol. The summed E-state index contributed by atoms with van der Waals surface area (Å²) in [5.41, 5.74) is 2.27. The van der Waals surface area contributed by atoms with Crippen LogP contribution in [0.25, 0.3) is 10.9 Å². The second-order valence-electron chi connectivity index (χ2n) is 5.32. The predicted octanol–water partition coefficient (Wildman–Crippen LogP) is 3.11. The molecule has 0 bridgehead atoms. The lowest BCUT2D eigenvalue weighted by Gasteiger charge is -2.21. The Morgan fingerprint density at radius 2 is 2.19 bits per heavy atom. The average Bonchev–Trinajstić information content (AvgIpc) is 2.93. The second kappa shape index (κ2) is 6.94. The summed E-state index contributed by atoms with van der Waals surface area (Å²) in [6.07, 6.45) is 3.18. The number of carbonyl (C=O) groups is 1. The minimum atomic E-state index is -0.123. The van der Waals surface area contributed by atoms with E-state index in [1.54, 1.807) is 4.90 Å². The van der Waals surface area contributed by atoms with E-state index in [2.05, 4.69) is 17.1 Å². The monoisotopic (exact) mass is 283 g/mol. The Hall–Kier alpha value is -2.28. The van der Waals surface area contributed by atoms with Crippen LogP contribution in [-0.4, -0.2) is 28.9 Å². The summed E-state index contributed by atoms with van der Waals surface area (Å²) >= 11 is 0. The van der Waals surface area contributed by atoms with Gasteiger partial charge in [0.1, 0.15) is 0 Å². The molecule has 1 aromatic heterocycles. The van der Waals surface area contributed by atoms with Crippen LogP contribution in [0.15, 0.2) is 30.5 Å². The molecular weight excluding hydrogens is 262 g/mol. The Labute approximate surface area is 125 Å². The zero-order chi connectivity index (χ0) is 15.2. The normalized spacial score (nSPS) is 12.0. The molecule has 2 aromatic rings. The van der Waals surface area contributed by atoms with E-state index in [0.717, 1.165) is 11.9 Å². The molecule has 0 radical (unpaired) electrons. The van der Waals surface area contributed by atoms with Gasteiger partial charge in [-0.05, 0) is 31.9 Å². The first-order valence-electron chi connectivity index (χ1n) is 7.38. The van der Waals surface area contributed by atoms with Gasteiger partial charge in [-0.1, -0.05) is 18.2 Å². The highest BCUT2D eigenvalue weighted by Gasteiger charge is 2.15. The van der Waals surface area contributed by atoms with Crippen LogP contribution in [0.2, 0.25) is 0 Å². The van der Waals surface area contributed by atoms with Gasteiger partial charge in [0.25, 0.3) is 0 Å². The standard InChI is InChI=1S/C17H21N3O/c1-3-20(12-13(2)10-18)17(21)9-8-14-11-19-16-7-5-4-6-15(14)16/h4-7,11,13,19H,3,8-9,12H2,1-2H3. The molecule has 110 valence electrons. The maximum atomic E-state index is 12.3. The fourth-order valence-electron chi connectivity index (χ4n) is 2.52. The molecule has 0 fully saturated rings. The highest BCUT2D eigenvalue weighted by molar-refractivity contribution is 5.84. The molecule has 1 heterocycles. The lowest BCUT2D eigenvalue weighted by atomic mass is 10.1. The number of nitrogens with one attached hydrogen (secondary N) is 1. The Morgan fingerprint density at radius 3 is 2.90 bits per heavy atom. The van der Waals surface area contributed by atoms with Crippen LogP contribution in [0.4, 0.5) is 0 Å². The van der Waals surface area contributed by atoms with Crippen molar-refractivity contribution >= 4 is 16.8 Å². The highest BCUT2D eigenvalue weighted by Crippen LogP contribution is 2.19. The summed E-state index contributed by atoms with van der Waals surface area (Å²) in [6, 6.07) is 10.3. The molecule has 4 nitrogen and oxygen atoms in total. The number of aromatic amines is 1. The average molecular weight is 283 g/mol. The van der Waals surface area contributed by atoms with Crippen molar-refractivity contribution in [2.45, 2.75) is 26.7 Å². The van der Waals surface area contributed by atoms with E-state index in [-0.39, 0.29) is 11.8 Å². The third-order valence-electron chi connectivity index (χ3n) is 3.73. The van der Waals surface area contributed by atoms with Gasteiger partial charge >= 0.3 is 0 Å². The van der Waals surface area contributed by atoms with Gasteiger partial charge in [-0.2, -0.15) is 5.26 Å². The van der Waals surface area contributed by atoms with Crippen molar-refractivity contribution in [2.75, 3.05) is 13.1 Å². The Balaban J connectivity index is 1.98. The number of para-hydroxylation sites is 1. The van der Waals surface area contributed by atoms with E-state index in [0.29, 0.717) is 19.5 Å². The fraction of sp³-hybridized carbons (Fsp3) is 0.412. The zero-order valence-electron chi connectivity index (χ0n) is 12.6. The Morgan fingerprint density at radius 1 is 1.43 bits per heavy atom. The molecule has 1 N–H and O–H groups in total. The lowest BCUT2D eigenvalue weighted by Crippen LogP contribution is -2.34. The quantitative estimate of drug-likeness (QED) is 0.885. The van der Waals surface area contributed by atoms with Crippen LogP contribution in [0.1, 0.15) is 25.8 Å². The van der Waals surface area contributed by atoms with Gasteiger partial charge in [-0.25, -0.2) is 0 Å². The number of fused-ring (bicyclic) bond motifs is 1. The van der Waals surface area contributed by atoms with Gasteiger partial charge in [0, 0.05) is 36.6 Å². The summed E-state index contributed by atoms with van der Waals surface area (Å²) in [5, 5.41) is 10.0. The molecule has 1 amide bonds. The largest absolute Gasteiger partial charge is 0.361 e. The van der Waals surface area contributed by atoms with Gasteiger partial charge in [-0.3, -0.25) is 4.79 Å². The van der Waals surface area contributed by atoms with Crippen LogP contribution < -0.4 is 0 Å². The second-order valence-corrected chi connectivity index (χ2v) is 5.32. The minimum absolute atomic E-state index is 0.116. The number of hydrogen-bond donors (Lipinski definition) is 1. The number of nitriles is 1. The fourth-order valence-corrected chi connectivity index (χ4v) is 2.52. The first-order chi connectivity index (χ1) is 10.2. The van der Waals surface area contributed by atoms with Crippen LogP contribution in [-0.2, 0) is 11.2 Å². The summed E-state index contributed by atoms with van der Waals surface area (Å²) in [6.45, 7) is 4.96. The summed E-state index contributed by atoms with van der Waals surface area (Å²) in [5.74, 6) is -0.00753. The topological polar surface area (TPSA) is 59.9 Å². The molecule has 4 heteroatoms. The third kappa shape index (κ3) is 3.63. The molecule has 0 aliphatic carbocycles. The highest BCUT2D eigenvalue weighted by atomic mass is 16.2. The first kappa shape index (κ1) is 15.1. The number of carbonyl (C=O) groups excluding carboxylic acids is 1. The van der Waals surface area contributed by atoms with E-state index in [1.165, 1.54) is 10.9 Å². The molecule has 1 aromatic carbocycles. The van der Waals surface area contributed by atoms with Crippen molar-refractivity contribution < 1.29 is 4.79 Å². The molecule has 1 unspecified atom stereocenters. The number of nitrogens with zero attached hydrogens (tertiary/aromatic N) is 2. The molecule has 0 aliphatic rings. The number of benzene rings is 1. The number of H-pyrrole nitrogens is 1. The lowest BCUT2D eigenvalue weighted by molar-refractivity contribution is -0.131. The maximum absolute atomic E-state index is 12.3. The van der Waals surface area contributed by atoms with E-state index >= 15 is 0 Å². The van der Waals surface area contributed by atoms with Gasteiger partial charge in [0.15, 0.2) is 0 Å². The van der Waals surface area contributed by atoms with E-state index in [9.17, 15) is 4.79 Å². The van der Waals surface area contributed by atoms with Crippen LogP contribution >= 0.6 is 0 Å². The zero-order valence-corrected chi connectivity index (χ0v) is 12.6. The molecule has 0 aliphatic heterocycles. The van der Waals surface area contributed by atoms with Crippen molar-refractivity contribution in [2.24, 2.45) is 5.92 Å². The van der Waals surface area contributed by atoms with Crippen LogP contribution in [0, 0.1) is 17.2 Å². The summed E-state index contributed by atoms with van der Waals surface area (Å²) in [4.78, 5) is 17.3. The van der Waals surface area contributed by atoms with Crippen LogP contribution in [0.5, 0.6) is 0 Å². The van der Waals surface area contributed by atoms with Gasteiger partial charge < -0.3 is 9.88 Å². The van der Waals surface area contributed by atoms with Crippen molar-refractivity contribution in [1.29, 1.82) is 5.26 Å². The number of aryl methyl sites for hydroxylation is 1.